The summed E-state index contributed by atoms with van der Waals surface area (Å²) in [6, 6.07) is 0. The molecule has 3 aromatic rings. The van der Waals surface area contributed by atoms with Gasteiger partial charge in [0.2, 0.25) is 11.9 Å². The van der Waals surface area contributed by atoms with Gasteiger partial charge in [0.15, 0.2) is 17.2 Å². The number of fused-ring (bicyclic) bond motifs is 1. The van der Waals surface area contributed by atoms with Crippen LogP contribution >= 0.6 is 11.6 Å². The van der Waals surface area contributed by atoms with E-state index in [1.807, 2.05) is 20.9 Å². The maximum absolute atomic E-state index is 7.70. The van der Waals surface area contributed by atoms with Crippen LogP contribution in [0, 0.1) is 19.3 Å². The van der Waals surface area contributed by atoms with E-state index in [0.717, 1.165) is 36.4 Å². The summed E-state index contributed by atoms with van der Waals surface area (Å²) in [6.45, 7) is 6.04. The van der Waals surface area contributed by atoms with Crippen LogP contribution in [0.25, 0.3) is 11.2 Å². The average molecular weight is 479 g/mol. The predicted octanol–water partition coefficient (Wildman–Crippen LogP) is 3.37. The molecule has 0 saturated carbocycles. The van der Waals surface area contributed by atoms with Gasteiger partial charge >= 0.3 is 0 Å². The van der Waals surface area contributed by atoms with Crippen LogP contribution in [0.5, 0.6) is 5.75 Å². The summed E-state index contributed by atoms with van der Waals surface area (Å²) in [5.41, 5.74) is 4.48. The van der Waals surface area contributed by atoms with Gasteiger partial charge in [0, 0.05) is 32.5 Å². The van der Waals surface area contributed by atoms with Gasteiger partial charge in [-0.3, -0.25) is 10.3 Å². The lowest BCUT2D eigenvalue weighted by Crippen LogP contribution is -2.38. The van der Waals surface area contributed by atoms with Crippen LogP contribution in [0.1, 0.15) is 17.8 Å². The van der Waals surface area contributed by atoms with E-state index >= 15 is 0 Å². The average Bonchev–Trinajstić information content (AvgIpc) is 3.11. The number of anilines is 3. The summed E-state index contributed by atoms with van der Waals surface area (Å²) in [5.74, 6) is 1.49. The molecule has 0 radical (unpaired) electrons. The quantitative estimate of drug-likeness (QED) is 0.363. The Balaban J connectivity index is 1.46. The summed E-state index contributed by atoms with van der Waals surface area (Å²) >= 11 is 6.68. The topological polar surface area (TPSA) is 129 Å². The van der Waals surface area contributed by atoms with Gasteiger partial charge in [-0.2, -0.15) is 4.98 Å². The minimum absolute atomic E-state index is 0.248. The lowest BCUT2D eigenvalue weighted by molar-refractivity contribution is 0.449. The van der Waals surface area contributed by atoms with Crippen molar-refractivity contribution in [2.24, 2.45) is 12.0 Å². The van der Waals surface area contributed by atoms with Crippen molar-refractivity contribution in [1.82, 2.24) is 29.8 Å². The smallest absolute Gasteiger partial charge is 0.230 e. The number of nitrogens with one attached hydrogen (secondary N) is 3. The van der Waals surface area contributed by atoms with Crippen LogP contribution in [0.2, 0.25) is 5.02 Å². The van der Waals surface area contributed by atoms with Crippen molar-refractivity contribution in [3.63, 3.8) is 0 Å². The maximum atomic E-state index is 7.70. The molecule has 0 amide bonds. The second-order valence-corrected chi connectivity index (χ2v) is 8.28. The number of imidazole rings is 1. The van der Waals surface area contributed by atoms with E-state index in [9.17, 15) is 0 Å². The standard InChI is InChI=1S/C22H23ClN10O/c1-12-18(33-7-4-8-33)13(2)29-21(28-12)31-22-30-20-19(32(22)3)17(23)16(11-27-20)34-15(9-24)14-10-25-5-6-26-14/h5-6,9-11,24,26H,4,7-8H2,1-3H3,(H,27,28,29,30,31)/b15-14+,24-9?. The zero-order valence-corrected chi connectivity index (χ0v) is 19.7. The number of pyridine rings is 1. The number of hydrogen-bond acceptors (Lipinski definition) is 10. The Kier molecular flexibility index (Phi) is 5.62. The molecule has 0 atom stereocenters. The first-order valence-corrected chi connectivity index (χ1v) is 11.1. The molecule has 5 heterocycles. The van der Waals surface area contributed by atoms with E-state index < -0.39 is 0 Å². The van der Waals surface area contributed by atoms with E-state index in [-0.39, 0.29) is 5.76 Å². The molecule has 0 aromatic carbocycles. The summed E-state index contributed by atoms with van der Waals surface area (Å²) in [4.78, 5) is 24.5. The Morgan fingerprint density at radius 2 is 2.00 bits per heavy atom. The molecular formula is C22H23ClN10O. The fourth-order valence-corrected chi connectivity index (χ4v) is 4.20. The molecule has 0 spiro atoms. The van der Waals surface area contributed by atoms with Gasteiger partial charge in [-0.15, -0.1) is 0 Å². The van der Waals surface area contributed by atoms with Crippen molar-refractivity contribution >= 4 is 52.8 Å². The number of ether oxygens (including phenoxy) is 1. The third-order valence-electron chi connectivity index (χ3n) is 5.65. The largest absolute Gasteiger partial charge is 0.450 e. The monoisotopic (exact) mass is 478 g/mol. The minimum atomic E-state index is 0.248. The zero-order chi connectivity index (χ0) is 23.8. The molecule has 1 saturated heterocycles. The fraction of sp³-hybridized carbons (Fsp3) is 0.273. The van der Waals surface area contributed by atoms with Crippen LogP contribution in [0.15, 0.2) is 35.0 Å². The Bertz CT molecular complexity index is 1360. The molecule has 0 aliphatic carbocycles. The molecule has 2 aliphatic rings. The summed E-state index contributed by atoms with van der Waals surface area (Å²) in [6.07, 6.45) is 8.55. The highest BCUT2D eigenvalue weighted by molar-refractivity contribution is 6.36. The maximum Gasteiger partial charge on any atom is 0.230 e. The second-order valence-electron chi connectivity index (χ2n) is 7.90. The van der Waals surface area contributed by atoms with Crippen LogP contribution in [0.3, 0.4) is 0 Å². The summed E-state index contributed by atoms with van der Waals surface area (Å²) < 4.78 is 7.64. The molecule has 3 aromatic heterocycles. The Hall–Kier alpha value is -3.99. The number of aromatic nitrogens is 5. The van der Waals surface area contributed by atoms with Crippen molar-refractivity contribution in [3.05, 3.63) is 46.5 Å². The molecule has 0 bridgehead atoms. The van der Waals surface area contributed by atoms with E-state index in [1.165, 1.54) is 12.6 Å². The second kappa shape index (κ2) is 8.75. The van der Waals surface area contributed by atoms with Gasteiger partial charge in [0.05, 0.1) is 35.7 Å². The summed E-state index contributed by atoms with van der Waals surface area (Å²) in [5, 5.41) is 14.2. The van der Waals surface area contributed by atoms with Crippen molar-refractivity contribution in [3.8, 4) is 5.75 Å². The highest BCUT2D eigenvalue weighted by Crippen LogP contribution is 2.34. The first kappa shape index (κ1) is 21.8. The fourth-order valence-electron chi connectivity index (χ4n) is 3.90. The zero-order valence-electron chi connectivity index (χ0n) is 18.9. The molecule has 1 fully saturated rings. The van der Waals surface area contributed by atoms with E-state index in [0.29, 0.717) is 39.5 Å². The highest BCUT2D eigenvalue weighted by Gasteiger charge is 2.22. The van der Waals surface area contributed by atoms with Gasteiger partial charge < -0.3 is 24.9 Å². The van der Waals surface area contributed by atoms with Gasteiger partial charge in [0.1, 0.15) is 16.2 Å². The van der Waals surface area contributed by atoms with Crippen molar-refractivity contribution in [2.75, 3.05) is 23.3 Å². The normalized spacial score (nSPS) is 16.3. The van der Waals surface area contributed by atoms with Crippen LogP contribution in [0.4, 0.5) is 17.6 Å². The first-order valence-electron chi connectivity index (χ1n) is 10.7. The van der Waals surface area contributed by atoms with Crippen LogP contribution in [-0.2, 0) is 7.05 Å². The third-order valence-corrected chi connectivity index (χ3v) is 6.02. The van der Waals surface area contributed by atoms with Crippen LogP contribution < -0.4 is 20.3 Å². The van der Waals surface area contributed by atoms with Gasteiger partial charge in [-0.25, -0.2) is 15.0 Å². The molecule has 11 nitrogen and oxygen atoms in total. The van der Waals surface area contributed by atoms with Crippen molar-refractivity contribution in [1.29, 1.82) is 5.41 Å². The minimum Gasteiger partial charge on any atom is -0.450 e. The van der Waals surface area contributed by atoms with E-state index in [2.05, 4.69) is 40.5 Å². The lowest BCUT2D eigenvalue weighted by Gasteiger charge is -2.34. The molecule has 3 N–H and O–H groups in total. The van der Waals surface area contributed by atoms with Gasteiger partial charge in [-0.1, -0.05) is 11.6 Å². The number of aliphatic imine (C=N–C) groups is 1. The number of halogens is 1. The van der Waals surface area contributed by atoms with E-state index in [1.54, 1.807) is 23.2 Å². The first-order chi connectivity index (χ1) is 16.5. The molecule has 2 aliphatic heterocycles. The van der Waals surface area contributed by atoms with Crippen molar-refractivity contribution < 1.29 is 4.74 Å². The number of nitrogens with zero attached hydrogens (tertiary/aromatic N) is 7. The number of hydrogen-bond donors (Lipinski definition) is 3. The molecule has 0 unspecified atom stereocenters. The number of rotatable bonds is 6. The lowest BCUT2D eigenvalue weighted by atomic mass is 10.1. The molecule has 174 valence electrons. The Morgan fingerprint density at radius 3 is 2.62 bits per heavy atom. The molecular weight excluding hydrogens is 456 g/mol. The SMILES string of the molecule is Cc1nc(Nc2nc3ncc(O/C(C=N)=C4\C=NC=CN4)c(Cl)c3n2C)nc(C)c1N1CCC1. The number of allylic oxidation sites excluding steroid dienone is 2. The Labute approximate surface area is 200 Å². The van der Waals surface area contributed by atoms with Crippen molar-refractivity contribution in [2.45, 2.75) is 20.3 Å². The Morgan fingerprint density at radius 1 is 1.24 bits per heavy atom. The molecule has 5 rings (SSSR count). The number of aryl methyl sites for hydroxylation is 3. The molecule has 12 heteroatoms. The predicted molar refractivity (Wildman–Crippen MR) is 132 cm³/mol. The third kappa shape index (κ3) is 3.83. The highest BCUT2D eigenvalue weighted by atomic mass is 35.5. The van der Waals surface area contributed by atoms with Gasteiger partial charge in [-0.05, 0) is 20.3 Å². The van der Waals surface area contributed by atoms with Crippen LogP contribution in [-0.4, -0.2) is 50.0 Å². The molecule has 34 heavy (non-hydrogen) atoms. The van der Waals surface area contributed by atoms with E-state index in [4.69, 9.17) is 21.7 Å². The summed E-state index contributed by atoms with van der Waals surface area (Å²) in [7, 11) is 1.82. The van der Waals surface area contributed by atoms with Gasteiger partial charge in [0.25, 0.3) is 0 Å².